The summed E-state index contributed by atoms with van der Waals surface area (Å²) in [6, 6.07) is 9.42. The molecule has 2 amide bonds. The summed E-state index contributed by atoms with van der Waals surface area (Å²) in [6.07, 6.45) is 0. The van der Waals surface area contributed by atoms with Gasteiger partial charge in [0.2, 0.25) is 11.8 Å². The molecule has 0 radical (unpaired) electrons. The molecule has 0 saturated carbocycles. The Bertz CT molecular complexity index is 1210. The van der Waals surface area contributed by atoms with E-state index < -0.39 is 7.15 Å². The van der Waals surface area contributed by atoms with Crippen LogP contribution in [0.2, 0.25) is 0 Å². The Balaban J connectivity index is 0.000000543. The van der Waals surface area contributed by atoms with Gasteiger partial charge in [0, 0.05) is 36.3 Å². The predicted octanol–water partition coefficient (Wildman–Crippen LogP) is 6.53. The van der Waals surface area contributed by atoms with Crippen molar-refractivity contribution in [1.82, 2.24) is 4.98 Å². The van der Waals surface area contributed by atoms with Crippen LogP contribution >= 0.6 is 15.9 Å². The lowest BCUT2D eigenvalue weighted by Crippen LogP contribution is -2.06. The molecular formula is C27H38BrFN4O3. The van der Waals surface area contributed by atoms with Gasteiger partial charge in [-0.2, -0.15) is 0 Å². The van der Waals surface area contributed by atoms with Crippen molar-refractivity contribution in [3.8, 4) is 0 Å². The van der Waals surface area contributed by atoms with Crippen molar-refractivity contribution < 1.29 is 20.1 Å². The molecule has 7 nitrogen and oxygen atoms in total. The van der Waals surface area contributed by atoms with Crippen LogP contribution in [0.25, 0.3) is 10.9 Å². The zero-order chi connectivity index (χ0) is 28.9. The number of aromatic amines is 1. The van der Waals surface area contributed by atoms with E-state index in [-0.39, 0.29) is 22.4 Å². The lowest BCUT2D eigenvalue weighted by atomic mass is 10.1. The third-order valence-electron chi connectivity index (χ3n) is 5.13. The molecule has 0 fully saturated rings. The molecule has 1 aromatic heterocycles. The van der Waals surface area contributed by atoms with Gasteiger partial charge in [-0.05, 0) is 76.4 Å². The molecule has 1 unspecified atom stereocenters. The molecule has 0 aliphatic heterocycles. The average molecular weight is 567 g/mol. The van der Waals surface area contributed by atoms with Gasteiger partial charge in [0.1, 0.15) is 5.78 Å². The highest BCUT2D eigenvalue weighted by atomic mass is 79.9. The Morgan fingerprint density at radius 3 is 1.94 bits per heavy atom. The van der Waals surface area contributed by atoms with Crippen LogP contribution in [0.5, 0.6) is 0 Å². The van der Waals surface area contributed by atoms with Gasteiger partial charge in [-0.1, -0.05) is 28.1 Å². The number of nitrogens with two attached hydrogens (primary N) is 1. The summed E-state index contributed by atoms with van der Waals surface area (Å²) in [5.74, 6) is 0.0525. The van der Waals surface area contributed by atoms with E-state index >= 15 is 0 Å². The number of benzene rings is 2. The standard InChI is InChI=1S/C13H16N2O.C9H12N2O.C4H7BrO.CH3F/c1-7-5-6-11(15-10(4)16)12-8(2)9(3)14-13(7)12;1-6-3-4-8(5-9(6)10)11-7(2)12;1-3(5)4(2)6;1-2/h5-6,14H,1-4H3,(H,15,16);3-5H,10H2,1-2H3,(H,11,12);3H,1-2H3;1H3/i;;;1D. The number of aryl methyl sites for hydroxylation is 4. The van der Waals surface area contributed by atoms with E-state index in [1.807, 2.05) is 45.0 Å². The summed E-state index contributed by atoms with van der Waals surface area (Å²) in [7, 11) is -1.00. The number of H-pyrrole nitrogens is 1. The Morgan fingerprint density at radius 1 is 1.00 bits per heavy atom. The molecule has 198 valence electrons. The maximum Gasteiger partial charge on any atom is 0.221 e. The van der Waals surface area contributed by atoms with Gasteiger partial charge in [-0.3, -0.25) is 18.8 Å². The Labute approximate surface area is 223 Å². The zero-order valence-electron chi connectivity index (χ0n) is 23.2. The van der Waals surface area contributed by atoms with Crippen LogP contribution in [-0.2, 0) is 14.4 Å². The predicted molar refractivity (Wildman–Crippen MR) is 153 cm³/mol. The van der Waals surface area contributed by atoms with E-state index in [2.05, 4.69) is 45.4 Å². The quantitative estimate of drug-likeness (QED) is 0.213. The fourth-order valence-electron chi connectivity index (χ4n) is 2.94. The van der Waals surface area contributed by atoms with Crippen LogP contribution in [0, 0.1) is 27.7 Å². The first kappa shape index (κ1) is 30.8. The molecule has 3 aromatic rings. The number of anilines is 3. The molecule has 2 aromatic carbocycles. The maximum atomic E-state index is 11.1. The molecule has 3 rings (SSSR count). The first-order valence-electron chi connectivity index (χ1n) is 11.9. The second-order valence-electron chi connectivity index (χ2n) is 8.22. The van der Waals surface area contributed by atoms with Crippen molar-refractivity contribution in [3.05, 3.63) is 52.7 Å². The van der Waals surface area contributed by atoms with Gasteiger partial charge < -0.3 is 21.4 Å². The number of alkyl halides is 2. The molecule has 0 aliphatic rings. The fraction of sp³-hybridized carbons (Fsp3) is 0.370. The topological polar surface area (TPSA) is 117 Å². The Hall–Kier alpha value is -3.20. The molecule has 0 bridgehead atoms. The normalized spacial score (nSPS) is 10.8. The number of nitrogen functional groups attached to an aromatic ring is 1. The number of hydrogen-bond donors (Lipinski definition) is 4. The minimum Gasteiger partial charge on any atom is -0.398 e. The first-order valence-corrected chi connectivity index (χ1v) is 12.1. The number of amides is 2. The number of carbonyl (C=O) groups excluding carboxylic acids is 3. The molecule has 1 atom stereocenters. The number of nitrogens with one attached hydrogen (secondary N) is 3. The van der Waals surface area contributed by atoms with Crippen LogP contribution in [0.1, 0.15) is 51.4 Å². The zero-order valence-corrected chi connectivity index (χ0v) is 23.8. The molecular weight excluding hydrogens is 527 g/mol. The van der Waals surface area contributed by atoms with Crippen LogP contribution in [0.3, 0.4) is 0 Å². The summed E-state index contributed by atoms with van der Waals surface area (Å²) in [5, 5.41) is 6.64. The molecule has 0 spiro atoms. The van der Waals surface area contributed by atoms with E-state index in [0.29, 0.717) is 5.69 Å². The van der Waals surface area contributed by atoms with Crippen LogP contribution in [-0.4, -0.2) is 34.6 Å². The monoisotopic (exact) mass is 565 g/mol. The van der Waals surface area contributed by atoms with Gasteiger partial charge in [-0.25, -0.2) is 0 Å². The smallest absolute Gasteiger partial charge is 0.221 e. The molecule has 0 saturated heterocycles. The largest absolute Gasteiger partial charge is 0.398 e. The minimum absolute atomic E-state index is 0.0255. The van der Waals surface area contributed by atoms with Gasteiger partial charge in [0.15, 0.2) is 0 Å². The number of carbonyl (C=O) groups is 3. The number of rotatable bonds is 3. The Kier molecular flexibility index (Phi) is 13.5. The summed E-state index contributed by atoms with van der Waals surface area (Å²) in [6.45, 7) is 14.5. The van der Waals surface area contributed by atoms with Crippen molar-refractivity contribution in [1.29, 1.82) is 0 Å². The highest BCUT2D eigenvalue weighted by Crippen LogP contribution is 2.31. The van der Waals surface area contributed by atoms with Crippen LogP contribution in [0.4, 0.5) is 21.5 Å². The number of halogens is 2. The summed E-state index contributed by atoms with van der Waals surface area (Å²) >= 11 is 3.09. The molecule has 0 aliphatic carbocycles. The van der Waals surface area contributed by atoms with Gasteiger partial charge in [-0.15, -0.1) is 0 Å². The van der Waals surface area contributed by atoms with Crippen molar-refractivity contribution >= 4 is 61.5 Å². The van der Waals surface area contributed by atoms with E-state index in [9.17, 15) is 18.8 Å². The molecule has 9 heteroatoms. The molecule has 36 heavy (non-hydrogen) atoms. The van der Waals surface area contributed by atoms with Gasteiger partial charge in [0.05, 0.1) is 24.6 Å². The highest BCUT2D eigenvalue weighted by molar-refractivity contribution is 9.10. The lowest BCUT2D eigenvalue weighted by molar-refractivity contribution is -0.116. The number of fused-ring (bicyclic) bond motifs is 1. The van der Waals surface area contributed by atoms with E-state index in [1.165, 1.54) is 25.0 Å². The number of ketones is 1. The lowest BCUT2D eigenvalue weighted by Gasteiger charge is -2.06. The maximum absolute atomic E-state index is 11.1. The summed E-state index contributed by atoms with van der Waals surface area (Å²) in [5.41, 5.74) is 13.6. The van der Waals surface area contributed by atoms with Crippen LogP contribution < -0.4 is 16.4 Å². The van der Waals surface area contributed by atoms with E-state index in [0.717, 1.165) is 33.5 Å². The SMILES string of the molecule is CC(=O)C(C)Br.CC(=O)Nc1ccc(C)c(N)c1.CC(=O)Nc1ccc(C)c2[nH]c(C)c(C)c12.[2H]CF. The minimum atomic E-state index is -1.00. The Morgan fingerprint density at radius 2 is 1.50 bits per heavy atom. The van der Waals surface area contributed by atoms with Crippen molar-refractivity contribution in [3.63, 3.8) is 0 Å². The third-order valence-corrected chi connectivity index (χ3v) is 5.78. The number of aromatic nitrogens is 1. The van der Waals surface area contributed by atoms with Crippen LogP contribution in [0.15, 0.2) is 30.3 Å². The number of Topliss-reactive ketones (excluding diaryl/α,β-unsaturated/α-hetero) is 1. The second-order valence-corrected chi connectivity index (χ2v) is 9.59. The average Bonchev–Trinajstić information content (AvgIpc) is 3.09. The highest BCUT2D eigenvalue weighted by Gasteiger charge is 2.11. The van der Waals surface area contributed by atoms with Crippen molar-refractivity contribution in [2.24, 2.45) is 0 Å². The molecule has 1 heterocycles. The van der Waals surface area contributed by atoms with Gasteiger partial charge >= 0.3 is 0 Å². The van der Waals surface area contributed by atoms with E-state index in [4.69, 9.17) is 7.10 Å². The summed E-state index contributed by atoms with van der Waals surface area (Å²) in [4.78, 5) is 35.3. The van der Waals surface area contributed by atoms with Crippen molar-refractivity contribution in [2.75, 3.05) is 23.5 Å². The van der Waals surface area contributed by atoms with Gasteiger partial charge in [0.25, 0.3) is 0 Å². The third kappa shape index (κ3) is 10.6. The second kappa shape index (κ2) is 15.7. The van der Waals surface area contributed by atoms with Crippen molar-refractivity contribution in [2.45, 2.75) is 60.2 Å². The number of hydrogen-bond acceptors (Lipinski definition) is 4. The summed E-state index contributed by atoms with van der Waals surface area (Å²) < 4.78 is 15.5. The fourth-order valence-corrected chi connectivity index (χ4v) is 2.94. The first-order chi connectivity index (χ1) is 17.2. The molecule has 5 N–H and O–H groups in total. The van der Waals surface area contributed by atoms with E-state index in [1.54, 1.807) is 13.0 Å².